The van der Waals surface area contributed by atoms with Gasteiger partial charge in [0.25, 0.3) is 0 Å². The molecule has 1 unspecified atom stereocenters. The molecule has 1 aromatic rings. The molecule has 0 amide bonds. The van der Waals surface area contributed by atoms with E-state index in [1.165, 1.54) is 5.56 Å². The molecule has 0 aromatic heterocycles. The van der Waals surface area contributed by atoms with E-state index in [1.807, 2.05) is 6.07 Å². The van der Waals surface area contributed by atoms with Crippen molar-refractivity contribution in [2.24, 2.45) is 0 Å². The summed E-state index contributed by atoms with van der Waals surface area (Å²) in [7, 11) is 1.70. The molecular formula is C17H27NO3. The van der Waals surface area contributed by atoms with Crippen molar-refractivity contribution in [1.82, 2.24) is 5.32 Å². The van der Waals surface area contributed by atoms with E-state index in [4.69, 9.17) is 14.2 Å². The Labute approximate surface area is 127 Å². The third-order valence-corrected chi connectivity index (χ3v) is 3.64. The minimum atomic E-state index is 0.266. The molecule has 4 heteroatoms. The Morgan fingerprint density at radius 1 is 1.38 bits per heavy atom. The summed E-state index contributed by atoms with van der Waals surface area (Å²) in [6, 6.07) is 6.75. The van der Waals surface area contributed by atoms with Crippen LogP contribution in [-0.4, -0.2) is 32.5 Å². The molecule has 1 saturated heterocycles. The fourth-order valence-electron chi connectivity index (χ4n) is 2.45. The summed E-state index contributed by atoms with van der Waals surface area (Å²) in [6.45, 7) is 7.26. The zero-order valence-corrected chi connectivity index (χ0v) is 13.4. The van der Waals surface area contributed by atoms with Crippen LogP contribution in [0.25, 0.3) is 0 Å². The first-order valence-corrected chi connectivity index (χ1v) is 7.77. The molecule has 21 heavy (non-hydrogen) atoms. The first-order chi connectivity index (χ1) is 10.2. The second-order valence-electron chi connectivity index (χ2n) is 5.83. The van der Waals surface area contributed by atoms with Gasteiger partial charge in [0, 0.05) is 24.8 Å². The van der Waals surface area contributed by atoms with Crippen LogP contribution in [0.3, 0.4) is 0 Å². The Morgan fingerprint density at radius 3 is 2.90 bits per heavy atom. The maximum atomic E-state index is 5.80. The molecule has 0 radical (unpaired) electrons. The lowest BCUT2D eigenvalue weighted by atomic mass is 10.1. The molecule has 1 aliphatic rings. The lowest BCUT2D eigenvalue weighted by Crippen LogP contribution is -2.21. The Kier molecular flexibility index (Phi) is 6.49. The van der Waals surface area contributed by atoms with E-state index < -0.39 is 0 Å². The van der Waals surface area contributed by atoms with Gasteiger partial charge in [-0.1, -0.05) is 19.9 Å². The van der Waals surface area contributed by atoms with E-state index >= 15 is 0 Å². The fourth-order valence-corrected chi connectivity index (χ4v) is 2.45. The van der Waals surface area contributed by atoms with Gasteiger partial charge in [0.1, 0.15) is 5.75 Å². The highest BCUT2D eigenvalue weighted by atomic mass is 16.5. The predicted octanol–water partition coefficient (Wildman–Crippen LogP) is 2.89. The number of rotatable bonds is 8. The van der Waals surface area contributed by atoms with E-state index in [-0.39, 0.29) is 6.10 Å². The molecule has 1 heterocycles. The number of nitrogens with one attached hydrogen (secondary N) is 1. The van der Waals surface area contributed by atoms with Gasteiger partial charge in [-0.25, -0.2) is 0 Å². The number of hydrogen-bond acceptors (Lipinski definition) is 4. The summed E-state index contributed by atoms with van der Waals surface area (Å²) in [5.74, 6) is 0.885. The molecule has 4 nitrogen and oxygen atoms in total. The molecular weight excluding hydrogens is 266 g/mol. The van der Waals surface area contributed by atoms with Gasteiger partial charge in [0.05, 0.1) is 26.4 Å². The zero-order chi connectivity index (χ0) is 15.1. The molecule has 1 aromatic carbocycles. The first kappa shape index (κ1) is 16.3. The highest BCUT2D eigenvalue weighted by Gasteiger charge is 2.15. The van der Waals surface area contributed by atoms with Crippen molar-refractivity contribution in [2.45, 2.75) is 52.0 Å². The molecule has 1 aliphatic heterocycles. The summed E-state index contributed by atoms with van der Waals surface area (Å²) in [4.78, 5) is 0. The number of benzene rings is 1. The van der Waals surface area contributed by atoms with E-state index in [0.29, 0.717) is 19.3 Å². The zero-order valence-electron chi connectivity index (χ0n) is 13.4. The Balaban J connectivity index is 1.89. The SMILES string of the molecule is COc1ccc(CNC(C)C)cc1COCC1CCCO1. The van der Waals surface area contributed by atoms with Crippen molar-refractivity contribution in [3.8, 4) is 5.75 Å². The Bertz CT molecular complexity index is 428. The minimum absolute atomic E-state index is 0.266. The standard InChI is InChI=1S/C17H27NO3/c1-13(2)18-10-14-6-7-17(19-3)15(9-14)11-20-12-16-5-4-8-21-16/h6-7,9,13,16,18H,4-5,8,10-12H2,1-3H3. The molecule has 1 fully saturated rings. The van der Waals surface area contributed by atoms with Crippen LogP contribution in [0.4, 0.5) is 0 Å². The molecule has 118 valence electrons. The third-order valence-electron chi connectivity index (χ3n) is 3.64. The fraction of sp³-hybridized carbons (Fsp3) is 0.647. The summed E-state index contributed by atoms with van der Waals surface area (Å²) in [5, 5.41) is 3.43. The van der Waals surface area contributed by atoms with Crippen molar-refractivity contribution in [1.29, 1.82) is 0 Å². The van der Waals surface area contributed by atoms with Crippen LogP contribution >= 0.6 is 0 Å². The van der Waals surface area contributed by atoms with E-state index in [1.54, 1.807) is 7.11 Å². The highest BCUT2D eigenvalue weighted by Crippen LogP contribution is 2.21. The van der Waals surface area contributed by atoms with Crippen LogP contribution in [0.15, 0.2) is 18.2 Å². The monoisotopic (exact) mass is 293 g/mol. The van der Waals surface area contributed by atoms with Crippen molar-refractivity contribution >= 4 is 0 Å². The number of methoxy groups -OCH3 is 1. The average molecular weight is 293 g/mol. The molecule has 2 rings (SSSR count). The summed E-state index contributed by atoms with van der Waals surface area (Å²) in [6.07, 6.45) is 2.52. The third kappa shape index (κ3) is 5.30. The topological polar surface area (TPSA) is 39.7 Å². The van der Waals surface area contributed by atoms with Crippen LogP contribution < -0.4 is 10.1 Å². The van der Waals surface area contributed by atoms with E-state index in [2.05, 4.69) is 31.3 Å². The molecule has 0 saturated carbocycles. The van der Waals surface area contributed by atoms with Crippen LogP contribution in [0.5, 0.6) is 5.75 Å². The van der Waals surface area contributed by atoms with Gasteiger partial charge in [-0.15, -0.1) is 0 Å². The average Bonchev–Trinajstić information content (AvgIpc) is 2.98. The van der Waals surface area contributed by atoms with Crippen LogP contribution in [0.2, 0.25) is 0 Å². The Morgan fingerprint density at radius 2 is 2.24 bits per heavy atom. The van der Waals surface area contributed by atoms with Gasteiger partial charge >= 0.3 is 0 Å². The lowest BCUT2D eigenvalue weighted by Gasteiger charge is -2.14. The van der Waals surface area contributed by atoms with E-state index in [9.17, 15) is 0 Å². The quantitative estimate of drug-likeness (QED) is 0.800. The van der Waals surface area contributed by atoms with Crippen LogP contribution in [0, 0.1) is 0 Å². The van der Waals surface area contributed by atoms with Gasteiger partial charge in [0.2, 0.25) is 0 Å². The van der Waals surface area contributed by atoms with Crippen LogP contribution in [0.1, 0.15) is 37.8 Å². The molecule has 1 atom stereocenters. The smallest absolute Gasteiger partial charge is 0.124 e. The normalized spacial score (nSPS) is 18.4. The molecule has 0 aliphatic carbocycles. The summed E-state index contributed by atoms with van der Waals surface area (Å²) >= 11 is 0. The van der Waals surface area contributed by atoms with Gasteiger partial charge in [-0.2, -0.15) is 0 Å². The van der Waals surface area contributed by atoms with Gasteiger partial charge in [-0.05, 0) is 30.5 Å². The number of hydrogen-bond donors (Lipinski definition) is 1. The molecule has 0 spiro atoms. The lowest BCUT2D eigenvalue weighted by molar-refractivity contribution is 0.0101. The maximum Gasteiger partial charge on any atom is 0.124 e. The van der Waals surface area contributed by atoms with Gasteiger partial charge < -0.3 is 19.5 Å². The minimum Gasteiger partial charge on any atom is -0.496 e. The molecule has 1 N–H and O–H groups in total. The van der Waals surface area contributed by atoms with Crippen molar-refractivity contribution in [3.05, 3.63) is 29.3 Å². The predicted molar refractivity (Wildman–Crippen MR) is 83.6 cm³/mol. The van der Waals surface area contributed by atoms with Gasteiger partial charge in [0.15, 0.2) is 0 Å². The number of ether oxygens (including phenoxy) is 3. The van der Waals surface area contributed by atoms with Gasteiger partial charge in [-0.3, -0.25) is 0 Å². The van der Waals surface area contributed by atoms with Crippen molar-refractivity contribution < 1.29 is 14.2 Å². The Hall–Kier alpha value is -1.10. The maximum absolute atomic E-state index is 5.80. The summed E-state index contributed by atoms with van der Waals surface area (Å²) in [5.41, 5.74) is 2.35. The second kappa shape index (κ2) is 8.37. The second-order valence-corrected chi connectivity index (χ2v) is 5.83. The highest BCUT2D eigenvalue weighted by molar-refractivity contribution is 5.36. The van der Waals surface area contributed by atoms with E-state index in [0.717, 1.165) is 37.3 Å². The summed E-state index contributed by atoms with van der Waals surface area (Å²) < 4.78 is 16.8. The van der Waals surface area contributed by atoms with Crippen molar-refractivity contribution in [3.63, 3.8) is 0 Å². The van der Waals surface area contributed by atoms with Crippen LogP contribution in [-0.2, 0) is 22.6 Å². The van der Waals surface area contributed by atoms with Crippen molar-refractivity contribution in [2.75, 3.05) is 20.3 Å². The first-order valence-electron chi connectivity index (χ1n) is 7.77. The largest absolute Gasteiger partial charge is 0.496 e. The molecule has 0 bridgehead atoms.